The van der Waals surface area contributed by atoms with Gasteiger partial charge < -0.3 is 20.4 Å². The van der Waals surface area contributed by atoms with Gasteiger partial charge in [-0.1, -0.05) is 90.2 Å². The molecule has 0 rings (SSSR count). The molecule has 0 aliphatic rings. The van der Waals surface area contributed by atoms with Gasteiger partial charge in [-0.15, -0.1) is 0 Å². The second kappa shape index (κ2) is 28.1. The third-order valence-corrected chi connectivity index (χ3v) is 3.62. The van der Waals surface area contributed by atoms with E-state index in [9.17, 15) is 0 Å². The summed E-state index contributed by atoms with van der Waals surface area (Å²) in [7, 11) is 0. The fourth-order valence-electron chi connectivity index (χ4n) is 2.32. The first-order valence-electron chi connectivity index (χ1n) is 9.87. The van der Waals surface area contributed by atoms with Crippen LogP contribution in [0.1, 0.15) is 104 Å². The fraction of sp³-hybridized carbons (Fsp3) is 0.800. The smallest absolute Gasteiger partial charge is 0.450 e. The molecule has 0 aromatic carbocycles. The highest BCUT2D eigenvalue weighted by atomic mass is 16.6. The largest absolute Gasteiger partial charge is 0.503 e. The molecule has 0 atom stereocenters. The molecule has 6 nitrogen and oxygen atoms in total. The van der Waals surface area contributed by atoms with Crippen LogP contribution in [0, 0.1) is 0 Å². The summed E-state index contributed by atoms with van der Waals surface area (Å²) in [4.78, 5) is 17.1. The van der Waals surface area contributed by atoms with Crippen molar-refractivity contribution in [2.45, 2.75) is 104 Å². The Balaban J connectivity index is -0.000000551. The predicted octanol–water partition coefficient (Wildman–Crippen LogP) is 7.49. The number of hydrogen-bond donors (Lipinski definition) is 4. The summed E-state index contributed by atoms with van der Waals surface area (Å²) in [5, 5.41) is 27.9. The minimum atomic E-state index is -1.83. The van der Waals surface area contributed by atoms with Crippen LogP contribution < -0.4 is 0 Å². The Hall–Kier alpha value is -1.72. The van der Waals surface area contributed by atoms with E-state index >= 15 is 0 Å². The van der Waals surface area contributed by atoms with E-state index in [0.29, 0.717) is 0 Å². The normalized spacial score (nSPS) is 9.77. The maximum absolute atomic E-state index is 8.56. The second-order valence-electron chi connectivity index (χ2n) is 6.15. The number of rotatable bonds is 14. The molecule has 0 amide bonds. The lowest BCUT2D eigenvalue weighted by atomic mass is 10.1. The highest BCUT2D eigenvalue weighted by molar-refractivity contribution is 5.53. The van der Waals surface area contributed by atoms with Crippen LogP contribution in [0.2, 0.25) is 0 Å². The molecule has 0 radical (unpaired) electrons. The third kappa shape index (κ3) is 57.2. The fourth-order valence-corrected chi connectivity index (χ4v) is 2.32. The van der Waals surface area contributed by atoms with Crippen molar-refractivity contribution >= 4 is 12.3 Å². The highest BCUT2D eigenvalue weighted by Gasteiger charge is 1.89. The Morgan fingerprint density at radius 2 is 0.769 bits per heavy atom. The molecule has 156 valence electrons. The maximum Gasteiger partial charge on any atom is 0.503 e. The van der Waals surface area contributed by atoms with Crippen molar-refractivity contribution in [3.63, 3.8) is 0 Å². The molecule has 6 heteroatoms. The number of unbranched alkanes of at least 4 members (excludes halogenated alkanes) is 12. The number of hydrogen-bond acceptors (Lipinski definition) is 2. The van der Waals surface area contributed by atoms with Gasteiger partial charge in [-0.25, -0.2) is 9.59 Å². The molecule has 26 heavy (non-hydrogen) atoms. The van der Waals surface area contributed by atoms with Gasteiger partial charge in [-0.2, -0.15) is 0 Å². The van der Waals surface area contributed by atoms with Crippen LogP contribution in [0.3, 0.4) is 0 Å². The van der Waals surface area contributed by atoms with Gasteiger partial charge in [0.2, 0.25) is 0 Å². The van der Waals surface area contributed by atoms with Crippen molar-refractivity contribution in [1.29, 1.82) is 0 Å². The molecule has 0 saturated heterocycles. The van der Waals surface area contributed by atoms with Gasteiger partial charge in [0.25, 0.3) is 0 Å². The molecule has 0 fully saturated rings. The number of allylic oxidation sites excluding steroid dienone is 2. The first kappa shape index (κ1) is 29.1. The molecule has 0 aromatic rings. The molecule has 0 aliphatic heterocycles. The lowest BCUT2D eigenvalue weighted by molar-refractivity contribution is 0.135. The van der Waals surface area contributed by atoms with Gasteiger partial charge >= 0.3 is 12.3 Å². The van der Waals surface area contributed by atoms with Crippen LogP contribution in [-0.4, -0.2) is 32.7 Å². The van der Waals surface area contributed by atoms with Crippen LogP contribution >= 0.6 is 0 Å². The third-order valence-electron chi connectivity index (χ3n) is 3.62. The maximum atomic E-state index is 8.56. The zero-order valence-corrected chi connectivity index (χ0v) is 16.7. The quantitative estimate of drug-likeness (QED) is 0.184. The molecule has 0 spiro atoms. The summed E-state index contributed by atoms with van der Waals surface area (Å²) in [6, 6.07) is 0. The summed E-state index contributed by atoms with van der Waals surface area (Å²) in [6.45, 7) is 4.57. The zero-order chi connectivity index (χ0) is 20.5. The zero-order valence-electron chi connectivity index (χ0n) is 16.7. The van der Waals surface area contributed by atoms with Crippen molar-refractivity contribution in [3.05, 3.63) is 12.2 Å². The van der Waals surface area contributed by atoms with Crippen LogP contribution in [0.5, 0.6) is 0 Å². The lowest BCUT2D eigenvalue weighted by Gasteiger charge is -1.98. The van der Waals surface area contributed by atoms with E-state index < -0.39 is 12.3 Å². The van der Waals surface area contributed by atoms with E-state index in [1.54, 1.807) is 0 Å². The molecular weight excluding hydrogens is 336 g/mol. The minimum Gasteiger partial charge on any atom is -0.450 e. The average molecular weight is 377 g/mol. The van der Waals surface area contributed by atoms with Crippen molar-refractivity contribution in [2.24, 2.45) is 0 Å². The molecule has 4 N–H and O–H groups in total. The Labute approximate surface area is 158 Å². The molecular formula is C20H40O6. The summed E-state index contributed by atoms with van der Waals surface area (Å²) in [5.74, 6) is 0. The van der Waals surface area contributed by atoms with E-state index in [1.807, 2.05) is 0 Å². The van der Waals surface area contributed by atoms with Crippen LogP contribution in [0.4, 0.5) is 9.59 Å². The lowest BCUT2D eigenvalue weighted by Crippen LogP contribution is -1.81. The van der Waals surface area contributed by atoms with Crippen molar-refractivity contribution in [2.75, 3.05) is 0 Å². The van der Waals surface area contributed by atoms with E-state index in [4.69, 9.17) is 30.0 Å². The standard InChI is InChI=1S/C18H36.2CH2O3/c1-3-5-7-9-11-13-15-17-18-16-14-12-10-8-6-4-2;2*2-1(3)4/h17-18H,3-16H2,1-2H3;2*(H2,2,3,4). The summed E-state index contributed by atoms with van der Waals surface area (Å²) in [6.07, 6.45) is 20.8. The predicted molar refractivity (Wildman–Crippen MR) is 106 cm³/mol. The monoisotopic (exact) mass is 376 g/mol. The van der Waals surface area contributed by atoms with Crippen LogP contribution in [-0.2, 0) is 0 Å². The Bertz CT molecular complexity index is 277. The van der Waals surface area contributed by atoms with Crippen LogP contribution in [0.25, 0.3) is 0 Å². The van der Waals surface area contributed by atoms with Gasteiger partial charge in [0.1, 0.15) is 0 Å². The number of carbonyl (C=O) groups is 2. The summed E-state index contributed by atoms with van der Waals surface area (Å²) >= 11 is 0. The van der Waals surface area contributed by atoms with Crippen molar-refractivity contribution in [1.82, 2.24) is 0 Å². The molecule has 0 heterocycles. The van der Waals surface area contributed by atoms with Gasteiger partial charge in [0.15, 0.2) is 0 Å². The molecule has 0 saturated carbocycles. The SMILES string of the molecule is CCCCCCCCC=CCCCCCCCC.O=C(O)O.O=C(O)O. The molecule has 0 unspecified atom stereocenters. The molecule has 0 aliphatic carbocycles. The van der Waals surface area contributed by atoms with Crippen molar-refractivity contribution < 1.29 is 30.0 Å². The minimum absolute atomic E-state index is 1.31. The van der Waals surface area contributed by atoms with Gasteiger partial charge in [0, 0.05) is 0 Å². The van der Waals surface area contributed by atoms with E-state index in [1.165, 1.54) is 89.9 Å². The summed E-state index contributed by atoms with van der Waals surface area (Å²) in [5.41, 5.74) is 0. The summed E-state index contributed by atoms with van der Waals surface area (Å²) < 4.78 is 0. The average Bonchev–Trinajstić information content (AvgIpc) is 2.54. The van der Waals surface area contributed by atoms with Gasteiger partial charge in [0.05, 0.1) is 0 Å². The first-order valence-corrected chi connectivity index (χ1v) is 9.87. The van der Waals surface area contributed by atoms with Crippen LogP contribution in [0.15, 0.2) is 12.2 Å². The Morgan fingerprint density at radius 3 is 1.04 bits per heavy atom. The van der Waals surface area contributed by atoms with Crippen molar-refractivity contribution in [3.8, 4) is 0 Å². The first-order chi connectivity index (χ1) is 12.4. The van der Waals surface area contributed by atoms with Gasteiger partial charge in [-0.3, -0.25) is 0 Å². The second-order valence-corrected chi connectivity index (χ2v) is 6.15. The van der Waals surface area contributed by atoms with E-state index in [-0.39, 0.29) is 0 Å². The number of carboxylic acid groups (broad SMARTS) is 4. The Morgan fingerprint density at radius 1 is 0.538 bits per heavy atom. The Kier molecular flexibility index (Phi) is 31.4. The highest BCUT2D eigenvalue weighted by Crippen LogP contribution is 2.09. The van der Waals surface area contributed by atoms with E-state index in [0.717, 1.165) is 0 Å². The van der Waals surface area contributed by atoms with E-state index in [2.05, 4.69) is 26.0 Å². The van der Waals surface area contributed by atoms with Gasteiger partial charge in [-0.05, 0) is 25.7 Å². The topological polar surface area (TPSA) is 115 Å². The molecule has 0 bridgehead atoms. The molecule has 0 aromatic heterocycles.